The maximum absolute atomic E-state index is 12.7. The van der Waals surface area contributed by atoms with Crippen molar-refractivity contribution in [1.82, 2.24) is 24.2 Å². The molecule has 1 atom stereocenters. The number of hydrogen-bond donors (Lipinski definition) is 1. The number of ether oxygens (including phenoxy) is 1. The Hall–Kier alpha value is -3.69. The molecule has 0 aliphatic carbocycles. The zero-order valence-corrected chi connectivity index (χ0v) is 22.7. The summed E-state index contributed by atoms with van der Waals surface area (Å²) < 4.78 is 8.94. The number of fused-ring (bicyclic) bond motifs is 1. The predicted octanol–water partition coefficient (Wildman–Crippen LogP) is 5.23. The maximum atomic E-state index is 12.7. The number of carbonyl (C=O) groups excluding carboxylic acids is 2. The van der Waals surface area contributed by atoms with Crippen LogP contribution in [0.25, 0.3) is 22.3 Å². The molecule has 1 aliphatic heterocycles. The van der Waals surface area contributed by atoms with Crippen molar-refractivity contribution in [2.45, 2.75) is 31.7 Å². The Balaban J connectivity index is 1.56. The molecule has 0 bridgehead atoms. The lowest BCUT2D eigenvalue weighted by molar-refractivity contribution is -0.132. The fourth-order valence-electron chi connectivity index (χ4n) is 4.83. The van der Waals surface area contributed by atoms with Gasteiger partial charge in [-0.2, -0.15) is 5.10 Å². The number of halogens is 2. The SMILES string of the molecule is N=c1c2c(-c3ccc(Oc4ccccc4)cc3)nn([C@@H]3CCCN(C(=O)CCCl)C3)c2ncn1C(=O)CCCl. The van der Waals surface area contributed by atoms with Gasteiger partial charge in [0.25, 0.3) is 0 Å². The van der Waals surface area contributed by atoms with Gasteiger partial charge in [-0.15, -0.1) is 23.2 Å². The number of alkyl halides is 2. The molecule has 2 aromatic heterocycles. The molecule has 4 aromatic rings. The van der Waals surface area contributed by atoms with Crippen molar-refractivity contribution >= 4 is 46.0 Å². The van der Waals surface area contributed by atoms with Crippen molar-refractivity contribution in [3.63, 3.8) is 0 Å². The number of para-hydroxylation sites is 1. The quantitative estimate of drug-likeness (QED) is 0.294. The summed E-state index contributed by atoms with van der Waals surface area (Å²) in [4.78, 5) is 31.6. The summed E-state index contributed by atoms with van der Waals surface area (Å²) in [7, 11) is 0. The summed E-state index contributed by atoms with van der Waals surface area (Å²) in [6, 6.07) is 16.8. The van der Waals surface area contributed by atoms with E-state index < -0.39 is 0 Å². The van der Waals surface area contributed by atoms with Crippen LogP contribution >= 0.6 is 23.2 Å². The number of amides is 1. The maximum Gasteiger partial charge on any atom is 0.234 e. The van der Waals surface area contributed by atoms with Crippen molar-refractivity contribution in [1.29, 1.82) is 5.41 Å². The van der Waals surface area contributed by atoms with Crippen LogP contribution in [0.1, 0.15) is 36.5 Å². The first-order valence-corrected chi connectivity index (χ1v) is 13.9. The number of nitrogens with zero attached hydrogens (tertiary/aromatic N) is 5. The number of likely N-dealkylation sites (tertiary alicyclic amines) is 1. The number of piperidine rings is 1. The van der Waals surface area contributed by atoms with E-state index in [-0.39, 0.29) is 47.9 Å². The largest absolute Gasteiger partial charge is 0.457 e. The van der Waals surface area contributed by atoms with Crippen LogP contribution in [-0.4, -0.2) is 60.9 Å². The minimum atomic E-state index is -0.315. The Kier molecular flexibility index (Phi) is 8.28. The first kappa shape index (κ1) is 26.9. The van der Waals surface area contributed by atoms with Gasteiger partial charge in [0.1, 0.15) is 29.0 Å². The first-order valence-electron chi connectivity index (χ1n) is 12.8. The topological polar surface area (TPSA) is 106 Å². The van der Waals surface area contributed by atoms with Crippen LogP contribution in [0.3, 0.4) is 0 Å². The lowest BCUT2D eigenvalue weighted by atomic mass is 10.1. The number of benzene rings is 2. The van der Waals surface area contributed by atoms with Crippen LogP contribution in [-0.2, 0) is 4.79 Å². The molecule has 2 aromatic carbocycles. The lowest BCUT2D eigenvalue weighted by Crippen LogP contribution is -2.41. The number of aromatic nitrogens is 4. The fourth-order valence-corrected chi connectivity index (χ4v) is 5.15. The average Bonchev–Trinajstić information content (AvgIpc) is 3.35. The smallest absolute Gasteiger partial charge is 0.234 e. The first-order chi connectivity index (χ1) is 19.0. The number of nitrogens with one attached hydrogen (secondary N) is 1. The summed E-state index contributed by atoms with van der Waals surface area (Å²) >= 11 is 11.6. The molecule has 11 heteroatoms. The fraction of sp³-hybridized carbons (Fsp3) is 0.321. The molecule has 1 saturated heterocycles. The molecular weight excluding hydrogens is 539 g/mol. The predicted molar refractivity (Wildman–Crippen MR) is 149 cm³/mol. The third-order valence-electron chi connectivity index (χ3n) is 6.75. The zero-order chi connectivity index (χ0) is 27.4. The van der Waals surface area contributed by atoms with E-state index in [1.165, 1.54) is 10.9 Å². The van der Waals surface area contributed by atoms with Crippen molar-refractivity contribution in [2.75, 3.05) is 24.8 Å². The highest BCUT2D eigenvalue weighted by Crippen LogP contribution is 2.32. The van der Waals surface area contributed by atoms with Crippen LogP contribution in [0.4, 0.5) is 0 Å². The molecule has 0 radical (unpaired) electrons. The summed E-state index contributed by atoms with van der Waals surface area (Å²) in [6.07, 6.45) is 3.35. The van der Waals surface area contributed by atoms with Crippen LogP contribution in [0, 0.1) is 5.41 Å². The minimum absolute atomic E-state index is 0.00754. The van der Waals surface area contributed by atoms with Crippen molar-refractivity contribution in [2.24, 2.45) is 0 Å². The molecule has 1 aliphatic rings. The monoisotopic (exact) mass is 566 g/mol. The molecule has 0 unspecified atom stereocenters. The number of rotatable bonds is 8. The second kappa shape index (κ2) is 12.0. The Bertz CT molecular complexity index is 1530. The van der Waals surface area contributed by atoms with E-state index in [4.69, 9.17) is 38.4 Å². The third kappa shape index (κ3) is 5.69. The molecule has 1 N–H and O–H groups in total. The van der Waals surface area contributed by atoms with Gasteiger partial charge in [0, 0.05) is 43.3 Å². The van der Waals surface area contributed by atoms with E-state index in [0.29, 0.717) is 35.6 Å². The van der Waals surface area contributed by atoms with Gasteiger partial charge < -0.3 is 9.64 Å². The summed E-state index contributed by atoms with van der Waals surface area (Å²) in [6.45, 7) is 1.15. The van der Waals surface area contributed by atoms with Crippen LogP contribution < -0.4 is 10.2 Å². The molecule has 0 saturated carbocycles. The van der Waals surface area contributed by atoms with Gasteiger partial charge in [0.05, 0.1) is 11.4 Å². The molecule has 1 fully saturated rings. The van der Waals surface area contributed by atoms with Crippen LogP contribution in [0.15, 0.2) is 60.9 Å². The van der Waals surface area contributed by atoms with E-state index in [9.17, 15) is 9.59 Å². The van der Waals surface area contributed by atoms with Gasteiger partial charge in [0.15, 0.2) is 5.65 Å². The summed E-state index contributed by atoms with van der Waals surface area (Å²) in [5.74, 6) is 1.50. The Morgan fingerprint density at radius 3 is 2.38 bits per heavy atom. The molecule has 5 rings (SSSR count). The standard InChI is InChI=1S/C28H28Cl2N6O3/c29-14-12-23(37)34-16-4-5-20(17-34)36-28-25(27(31)35(18-32-28)24(38)13-15-30)26(33-36)19-8-10-22(11-9-19)39-21-6-2-1-3-7-21/h1-3,6-11,18,20,31H,4-5,12-17H2/t20-/m1/s1. The van der Waals surface area contributed by atoms with Gasteiger partial charge in [-0.05, 0) is 49.2 Å². The minimum Gasteiger partial charge on any atom is -0.457 e. The van der Waals surface area contributed by atoms with E-state index in [1.807, 2.05) is 59.5 Å². The van der Waals surface area contributed by atoms with Gasteiger partial charge in [-0.3, -0.25) is 19.6 Å². The van der Waals surface area contributed by atoms with Gasteiger partial charge >= 0.3 is 0 Å². The van der Waals surface area contributed by atoms with Gasteiger partial charge in [-0.25, -0.2) is 9.67 Å². The highest BCUT2D eigenvalue weighted by atomic mass is 35.5. The highest BCUT2D eigenvalue weighted by molar-refractivity contribution is 6.19. The second-order valence-electron chi connectivity index (χ2n) is 9.30. The number of hydrogen-bond acceptors (Lipinski definition) is 6. The molecule has 39 heavy (non-hydrogen) atoms. The van der Waals surface area contributed by atoms with E-state index >= 15 is 0 Å². The third-order valence-corrected chi connectivity index (χ3v) is 7.12. The van der Waals surface area contributed by atoms with E-state index in [0.717, 1.165) is 24.2 Å². The lowest BCUT2D eigenvalue weighted by Gasteiger charge is -2.33. The molecule has 1 amide bonds. The summed E-state index contributed by atoms with van der Waals surface area (Å²) in [5, 5.41) is 14.3. The van der Waals surface area contributed by atoms with Crippen molar-refractivity contribution in [3.8, 4) is 22.8 Å². The molecule has 202 valence electrons. The van der Waals surface area contributed by atoms with Gasteiger partial charge in [-0.1, -0.05) is 18.2 Å². The summed E-state index contributed by atoms with van der Waals surface area (Å²) in [5.41, 5.74) is 1.77. The molecule has 0 spiro atoms. The average molecular weight is 567 g/mol. The van der Waals surface area contributed by atoms with Crippen LogP contribution in [0.2, 0.25) is 0 Å². The van der Waals surface area contributed by atoms with E-state index in [2.05, 4.69) is 4.98 Å². The van der Waals surface area contributed by atoms with Crippen molar-refractivity contribution < 1.29 is 14.3 Å². The van der Waals surface area contributed by atoms with Crippen molar-refractivity contribution in [3.05, 3.63) is 66.4 Å². The Labute approximate surface area is 235 Å². The Morgan fingerprint density at radius 2 is 1.67 bits per heavy atom. The van der Waals surface area contributed by atoms with E-state index in [1.54, 1.807) is 4.68 Å². The molecular formula is C28H28Cl2N6O3. The highest BCUT2D eigenvalue weighted by Gasteiger charge is 2.28. The molecule has 3 heterocycles. The van der Waals surface area contributed by atoms with Crippen LogP contribution in [0.5, 0.6) is 11.5 Å². The normalized spacial score (nSPS) is 15.4. The number of carbonyl (C=O) groups is 2. The second-order valence-corrected chi connectivity index (χ2v) is 10.1. The zero-order valence-electron chi connectivity index (χ0n) is 21.2. The van der Waals surface area contributed by atoms with Gasteiger partial charge in [0.2, 0.25) is 11.8 Å². The Morgan fingerprint density at radius 1 is 0.974 bits per heavy atom. The molecule has 9 nitrogen and oxygen atoms in total.